The van der Waals surface area contributed by atoms with E-state index in [-0.39, 0.29) is 29.9 Å². The SMILES string of the molecule is CN=C(NCCCCOc1ccc(C)cc1)N1CCN(C(=O)c2ccco2)CC1.I. The van der Waals surface area contributed by atoms with Crippen LogP contribution in [0.5, 0.6) is 5.75 Å². The number of hydrogen-bond acceptors (Lipinski definition) is 4. The Morgan fingerprint density at radius 3 is 2.43 bits per heavy atom. The first-order chi connectivity index (χ1) is 14.2. The van der Waals surface area contributed by atoms with Gasteiger partial charge in [0.15, 0.2) is 11.7 Å². The number of nitrogens with zero attached hydrogens (tertiary/aromatic N) is 3. The summed E-state index contributed by atoms with van der Waals surface area (Å²) >= 11 is 0. The van der Waals surface area contributed by atoms with Gasteiger partial charge in [0.25, 0.3) is 5.91 Å². The van der Waals surface area contributed by atoms with Gasteiger partial charge in [0.05, 0.1) is 12.9 Å². The fourth-order valence-corrected chi connectivity index (χ4v) is 3.26. The summed E-state index contributed by atoms with van der Waals surface area (Å²) in [4.78, 5) is 20.8. The molecule has 2 heterocycles. The molecule has 2 aromatic rings. The molecule has 0 bridgehead atoms. The summed E-state index contributed by atoms with van der Waals surface area (Å²) in [6, 6.07) is 11.6. The molecule has 3 rings (SSSR count). The summed E-state index contributed by atoms with van der Waals surface area (Å²) in [6.07, 6.45) is 3.51. The molecular weight excluding hydrogens is 495 g/mol. The number of aryl methyl sites for hydroxylation is 1. The van der Waals surface area contributed by atoms with Crippen molar-refractivity contribution in [3.05, 3.63) is 54.0 Å². The molecule has 1 N–H and O–H groups in total. The minimum Gasteiger partial charge on any atom is -0.494 e. The van der Waals surface area contributed by atoms with Crippen molar-refractivity contribution < 1.29 is 13.9 Å². The lowest BCUT2D eigenvalue weighted by Gasteiger charge is -2.36. The van der Waals surface area contributed by atoms with Gasteiger partial charge in [-0.05, 0) is 44.0 Å². The summed E-state index contributed by atoms with van der Waals surface area (Å²) < 4.78 is 11.0. The highest BCUT2D eigenvalue weighted by Crippen LogP contribution is 2.12. The molecule has 0 unspecified atom stereocenters. The van der Waals surface area contributed by atoms with Gasteiger partial charge in [-0.25, -0.2) is 0 Å². The van der Waals surface area contributed by atoms with Crippen LogP contribution in [0.25, 0.3) is 0 Å². The molecule has 0 radical (unpaired) electrons. The van der Waals surface area contributed by atoms with Crippen molar-refractivity contribution >= 4 is 35.8 Å². The van der Waals surface area contributed by atoms with Crippen molar-refractivity contribution in [2.75, 3.05) is 46.4 Å². The maximum atomic E-state index is 12.4. The maximum absolute atomic E-state index is 12.4. The van der Waals surface area contributed by atoms with Gasteiger partial charge < -0.3 is 24.3 Å². The normalized spacial score (nSPS) is 14.3. The first kappa shape index (κ1) is 24.0. The molecule has 0 aliphatic carbocycles. The van der Waals surface area contributed by atoms with Crippen LogP contribution in [0.4, 0.5) is 0 Å². The summed E-state index contributed by atoms with van der Waals surface area (Å²) in [7, 11) is 1.79. The first-order valence-corrected chi connectivity index (χ1v) is 10.1. The number of aliphatic imine (C=N–C) groups is 1. The molecule has 1 amide bonds. The van der Waals surface area contributed by atoms with Crippen molar-refractivity contribution in [3.63, 3.8) is 0 Å². The fourth-order valence-electron chi connectivity index (χ4n) is 3.26. The van der Waals surface area contributed by atoms with E-state index < -0.39 is 0 Å². The topological polar surface area (TPSA) is 70.3 Å². The van der Waals surface area contributed by atoms with Crippen LogP contribution in [0.2, 0.25) is 0 Å². The van der Waals surface area contributed by atoms with Crippen LogP contribution in [0.1, 0.15) is 29.0 Å². The van der Waals surface area contributed by atoms with Gasteiger partial charge in [-0.15, -0.1) is 24.0 Å². The monoisotopic (exact) mass is 526 g/mol. The van der Waals surface area contributed by atoms with Crippen LogP contribution < -0.4 is 10.1 Å². The van der Waals surface area contributed by atoms with Gasteiger partial charge >= 0.3 is 0 Å². The Labute approximate surface area is 195 Å². The Morgan fingerprint density at radius 2 is 1.80 bits per heavy atom. The van der Waals surface area contributed by atoms with E-state index in [9.17, 15) is 4.79 Å². The summed E-state index contributed by atoms with van der Waals surface area (Å²) in [5.41, 5.74) is 1.24. The number of guanidine groups is 1. The summed E-state index contributed by atoms with van der Waals surface area (Å²) in [6.45, 7) is 6.44. The fraction of sp³-hybridized carbons (Fsp3) is 0.455. The van der Waals surface area contributed by atoms with E-state index in [1.165, 1.54) is 11.8 Å². The molecule has 8 heteroatoms. The van der Waals surface area contributed by atoms with Gasteiger partial charge in [0.1, 0.15) is 5.75 Å². The molecule has 1 aliphatic heterocycles. The smallest absolute Gasteiger partial charge is 0.289 e. The van der Waals surface area contributed by atoms with Gasteiger partial charge in [-0.3, -0.25) is 9.79 Å². The lowest BCUT2D eigenvalue weighted by Crippen LogP contribution is -2.53. The lowest BCUT2D eigenvalue weighted by atomic mass is 10.2. The first-order valence-electron chi connectivity index (χ1n) is 10.1. The van der Waals surface area contributed by atoms with Crippen LogP contribution in [0, 0.1) is 6.92 Å². The molecule has 7 nitrogen and oxygen atoms in total. The van der Waals surface area contributed by atoms with Crippen LogP contribution >= 0.6 is 24.0 Å². The van der Waals surface area contributed by atoms with E-state index in [0.29, 0.717) is 25.5 Å². The van der Waals surface area contributed by atoms with Crippen LogP contribution in [-0.4, -0.2) is 68.0 Å². The zero-order chi connectivity index (χ0) is 20.5. The molecule has 1 aliphatic rings. The van der Waals surface area contributed by atoms with E-state index in [0.717, 1.165) is 44.2 Å². The predicted molar refractivity (Wildman–Crippen MR) is 129 cm³/mol. The number of hydrogen-bond donors (Lipinski definition) is 1. The number of furan rings is 1. The van der Waals surface area contributed by atoms with E-state index in [4.69, 9.17) is 9.15 Å². The third-order valence-electron chi connectivity index (χ3n) is 4.95. The molecule has 30 heavy (non-hydrogen) atoms. The highest BCUT2D eigenvalue weighted by Gasteiger charge is 2.24. The predicted octanol–water partition coefficient (Wildman–Crippen LogP) is 3.40. The van der Waals surface area contributed by atoms with Crippen LogP contribution in [-0.2, 0) is 0 Å². The molecule has 1 saturated heterocycles. The highest BCUT2D eigenvalue weighted by molar-refractivity contribution is 14.0. The number of nitrogens with one attached hydrogen (secondary N) is 1. The van der Waals surface area contributed by atoms with Crippen molar-refractivity contribution in [2.45, 2.75) is 19.8 Å². The van der Waals surface area contributed by atoms with Gasteiger partial charge in [0, 0.05) is 39.8 Å². The van der Waals surface area contributed by atoms with Crippen molar-refractivity contribution in [1.29, 1.82) is 0 Å². The molecule has 0 spiro atoms. The Balaban J connectivity index is 0.00000320. The molecule has 1 aromatic carbocycles. The Bertz CT molecular complexity index is 785. The standard InChI is InChI=1S/C22H30N4O3.HI/c1-18-7-9-19(10-8-18)28-16-4-3-11-24-22(23-2)26-14-12-25(13-15-26)21(27)20-6-5-17-29-20;/h5-10,17H,3-4,11-16H2,1-2H3,(H,23,24);1H. The zero-order valence-corrected chi connectivity index (χ0v) is 20.0. The Kier molecular flexibility index (Phi) is 9.99. The largest absolute Gasteiger partial charge is 0.494 e. The number of amides is 1. The minimum atomic E-state index is -0.0498. The third kappa shape index (κ3) is 6.93. The van der Waals surface area contributed by atoms with E-state index in [1.807, 2.05) is 17.0 Å². The van der Waals surface area contributed by atoms with E-state index >= 15 is 0 Å². The third-order valence-corrected chi connectivity index (χ3v) is 4.95. The Hall–Kier alpha value is -2.23. The number of halogens is 1. The zero-order valence-electron chi connectivity index (χ0n) is 17.7. The number of carbonyl (C=O) groups is 1. The van der Waals surface area contributed by atoms with Crippen molar-refractivity contribution in [1.82, 2.24) is 15.1 Å². The number of unbranched alkanes of at least 4 members (excludes halogenated alkanes) is 1. The van der Waals surface area contributed by atoms with Crippen LogP contribution in [0.3, 0.4) is 0 Å². The number of ether oxygens (including phenoxy) is 1. The quantitative estimate of drug-likeness (QED) is 0.259. The number of piperazine rings is 1. The maximum Gasteiger partial charge on any atom is 0.289 e. The number of rotatable bonds is 7. The van der Waals surface area contributed by atoms with Gasteiger partial charge in [0.2, 0.25) is 0 Å². The molecule has 0 atom stereocenters. The highest BCUT2D eigenvalue weighted by atomic mass is 127. The lowest BCUT2D eigenvalue weighted by molar-refractivity contribution is 0.0657. The molecular formula is C22H31IN4O3. The second kappa shape index (κ2) is 12.5. The second-order valence-corrected chi connectivity index (χ2v) is 7.10. The molecule has 1 fully saturated rings. The second-order valence-electron chi connectivity index (χ2n) is 7.10. The van der Waals surface area contributed by atoms with E-state index in [1.54, 1.807) is 19.2 Å². The van der Waals surface area contributed by atoms with Gasteiger partial charge in [-0.2, -0.15) is 0 Å². The van der Waals surface area contributed by atoms with Crippen LogP contribution in [0.15, 0.2) is 52.1 Å². The van der Waals surface area contributed by atoms with E-state index in [2.05, 4.69) is 34.3 Å². The Morgan fingerprint density at radius 1 is 1.10 bits per heavy atom. The number of benzene rings is 1. The average Bonchev–Trinajstić information content (AvgIpc) is 3.29. The average molecular weight is 526 g/mol. The van der Waals surface area contributed by atoms with Crippen molar-refractivity contribution in [2.24, 2.45) is 4.99 Å². The minimum absolute atomic E-state index is 0. The summed E-state index contributed by atoms with van der Waals surface area (Å²) in [5, 5.41) is 3.42. The van der Waals surface area contributed by atoms with Crippen molar-refractivity contribution in [3.8, 4) is 5.75 Å². The molecule has 164 valence electrons. The molecule has 1 aromatic heterocycles. The summed E-state index contributed by atoms with van der Waals surface area (Å²) in [5.74, 6) is 2.15. The molecule has 0 saturated carbocycles. The number of carbonyl (C=O) groups excluding carboxylic acids is 1. The van der Waals surface area contributed by atoms with Gasteiger partial charge in [-0.1, -0.05) is 17.7 Å².